The number of carboxylic acid groups (broad SMARTS) is 1. The summed E-state index contributed by atoms with van der Waals surface area (Å²) in [6, 6.07) is 4.02. The number of carbonyl (C=O) groups excluding carboxylic acids is 1. The van der Waals surface area contributed by atoms with E-state index in [4.69, 9.17) is 5.11 Å². The fraction of sp³-hybridized carbons (Fsp3) is 0.385. The van der Waals surface area contributed by atoms with Crippen molar-refractivity contribution in [2.75, 3.05) is 18.4 Å². The Morgan fingerprint density at radius 1 is 1.50 bits per heavy atom. The predicted molar refractivity (Wildman–Crippen MR) is 75.1 cm³/mol. The molecular formula is C13H14BrFN2O3. The van der Waals surface area contributed by atoms with Gasteiger partial charge in [-0.2, -0.15) is 0 Å². The molecule has 1 aliphatic rings. The van der Waals surface area contributed by atoms with Crippen molar-refractivity contribution in [3.8, 4) is 0 Å². The number of para-hydroxylation sites is 1. The largest absolute Gasteiger partial charge is 0.481 e. The summed E-state index contributed by atoms with van der Waals surface area (Å²) in [5, 5.41) is 11.2. The molecule has 2 N–H and O–H groups in total. The van der Waals surface area contributed by atoms with Gasteiger partial charge in [0.1, 0.15) is 5.82 Å². The number of likely N-dealkylation sites (tertiary alicyclic amines) is 1. The minimum atomic E-state index is -0.867. The number of nitrogens with zero attached hydrogens (tertiary/aromatic N) is 1. The molecule has 1 atom stereocenters. The van der Waals surface area contributed by atoms with E-state index in [1.54, 1.807) is 6.07 Å². The van der Waals surface area contributed by atoms with Crippen molar-refractivity contribution in [3.63, 3.8) is 0 Å². The third-order valence-corrected chi connectivity index (χ3v) is 3.89. The second-order valence-corrected chi connectivity index (χ2v) is 5.58. The first-order chi connectivity index (χ1) is 9.47. The molecule has 1 saturated heterocycles. The molecule has 20 heavy (non-hydrogen) atoms. The van der Waals surface area contributed by atoms with Crippen molar-refractivity contribution in [2.24, 2.45) is 5.92 Å². The number of hydrogen-bond donors (Lipinski definition) is 2. The fourth-order valence-electron chi connectivity index (χ4n) is 2.23. The standard InChI is InChI=1S/C13H14BrFN2O3/c14-9-2-1-3-10(15)12(9)16-13(20)17-5-4-8(7-17)6-11(18)19/h1-3,8H,4-7H2,(H,16,20)(H,18,19). The Labute approximate surface area is 123 Å². The lowest BCUT2D eigenvalue weighted by atomic mass is 10.1. The Bertz CT molecular complexity index is 518. The molecule has 0 aliphatic carbocycles. The van der Waals surface area contributed by atoms with Gasteiger partial charge in [-0.3, -0.25) is 4.79 Å². The van der Waals surface area contributed by atoms with Crippen LogP contribution in [0.25, 0.3) is 0 Å². The number of carbonyl (C=O) groups is 2. The van der Waals surface area contributed by atoms with Crippen molar-refractivity contribution in [3.05, 3.63) is 28.5 Å². The molecule has 1 aromatic rings. The van der Waals surface area contributed by atoms with Crippen LogP contribution in [-0.4, -0.2) is 35.1 Å². The molecule has 0 saturated carbocycles. The van der Waals surface area contributed by atoms with Crippen LogP contribution in [-0.2, 0) is 4.79 Å². The lowest BCUT2D eigenvalue weighted by molar-refractivity contribution is -0.138. The first kappa shape index (κ1) is 14.8. The van der Waals surface area contributed by atoms with Crippen LogP contribution in [0.15, 0.2) is 22.7 Å². The van der Waals surface area contributed by atoms with Crippen molar-refractivity contribution >= 4 is 33.6 Å². The smallest absolute Gasteiger partial charge is 0.321 e. The molecule has 1 fully saturated rings. The summed E-state index contributed by atoms with van der Waals surface area (Å²) in [5.41, 5.74) is 0.0965. The van der Waals surface area contributed by atoms with Gasteiger partial charge in [-0.05, 0) is 40.4 Å². The minimum absolute atomic E-state index is 0.0395. The minimum Gasteiger partial charge on any atom is -0.481 e. The van der Waals surface area contributed by atoms with E-state index in [9.17, 15) is 14.0 Å². The second kappa shape index (κ2) is 6.21. The molecule has 0 aromatic heterocycles. The average molecular weight is 345 g/mol. The lowest BCUT2D eigenvalue weighted by Gasteiger charge is -2.18. The van der Waals surface area contributed by atoms with Gasteiger partial charge in [0, 0.05) is 24.0 Å². The van der Waals surface area contributed by atoms with Gasteiger partial charge in [-0.25, -0.2) is 9.18 Å². The number of aliphatic carboxylic acids is 1. The van der Waals surface area contributed by atoms with E-state index in [1.807, 2.05) is 0 Å². The van der Waals surface area contributed by atoms with Gasteiger partial charge in [0.25, 0.3) is 0 Å². The highest BCUT2D eigenvalue weighted by Crippen LogP contribution is 2.26. The summed E-state index contributed by atoms with van der Waals surface area (Å²) >= 11 is 3.18. The number of anilines is 1. The molecule has 0 spiro atoms. The molecule has 1 unspecified atom stereocenters. The molecule has 0 bridgehead atoms. The Kier molecular flexibility index (Phi) is 4.59. The van der Waals surface area contributed by atoms with Gasteiger partial charge >= 0.3 is 12.0 Å². The third-order valence-electron chi connectivity index (χ3n) is 3.23. The molecule has 5 nitrogen and oxygen atoms in total. The van der Waals surface area contributed by atoms with Crippen molar-refractivity contribution in [2.45, 2.75) is 12.8 Å². The van der Waals surface area contributed by atoms with Crippen LogP contribution in [0.2, 0.25) is 0 Å². The summed E-state index contributed by atoms with van der Waals surface area (Å²) in [4.78, 5) is 24.2. The molecule has 2 amide bonds. The highest BCUT2D eigenvalue weighted by molar-refractivity contribution is 9.10. The Morgan fingerprint density at radius 3 is 2.90 bits per heavy atom. The third kappa shape index (κ3) is 3.47. The van der Waals surface area contributed by atoms with Crippen molar-refractivity contribution in [1.29, 1.82) is 0 Å². The SMILES string of the molecule is O=C(O)CC1CCN(C(=O)Nc2c(F)cccc2Br)C1. The molecule has 1 aliphatic heterocycles. The maximum atomic E-state index is 13.6. The van der Waals surface area contributed by atoms with Crippen molar-refractivity contribution < 1.29 is 19.1 Å². The predicted octanol–water partition coefficient (Wildman–Crippen LogP) is 2.92. The van der Waals surface area contributed by atoms with E-state index in [1.165, 1.54) is 17.0 Å². The topological polar surface area (TPSA) is 69.6 Å². The number of rotatable bonds is 3. The van der Waals surface area contributed by atoms with Crippen LogP contribution in [0.4, 0.5) is 14.9 Å². The van der Waals surface area contributed by atoms with E-state index >= 15 is 0 Å². The van der Waals surface area contributed by atoms with E-state index in [0.717, 1.165) is 0 Å². The lowest BCUT2D eigenvalue weighted by Crippen LogP contribution is -2.33. The number of halogens is 2. The van der Waals surface area contributed by atoms with Crippen LogP contribution in [0, 0.1) is 11.7 Å². The van der Waals surface area contributed by atoms with Gasteiger partial charge < -0.3 is 15.3 Å². The average Bonchev–Trinajstić information content (AvgIpc) is 2.81. The Balaban J connectivity index is 1.98. The number of benzene rings is 1. The number of carboxylic acids is 1. The van der Waals surface area contributed by atoms with Crippen LogP contribution in [0.5, 0.6) is 0 Å². The first-order valence-corrected chi connectivity index (χ1v) is 6.98. The zero-order chi connectivity index (χ0) is 14.7. The van der Waals surface area contributed by atoms with Gasteiger partial charge in [0.2, 0.25) is 0 Å². The summed E-state index contributed by atoms with van der Waals surface area (Å²) in [6.45, 7) is 0.861. The number of hydrogen-bond acceptors (Lipinski definition) is 2. The summed E-state index contributed by atoms with van der Waals surface area (Å²) in [5.74, 6) is -1.43. The van der Waals surface area contributed by atoms with E-state index in [-0.39, 0.29) is 18.0 Å². The Hall–Kier alpha value is -1.63. The summed E-state index contributed by atoms with van der Waals surface area (Å²) < 4.78 is 14.1. The van der Waals surface area contributed by atoms with E-state index in [0.29, 0.717) is 24.0 Å². The van der Waals surface area contributed by atoms with Gasteiger partial charge in [-0.15, -0.1) is 0 Å². The molecule has 2 rings (SSSR count). The van der Waals surface area contributed by atoms with Crippen LogP contribution in [0.1, 0.15) is 12.8 Å². The van der Waals surface area contributed by atoms with Crippen LogP contribution < -0.4 is 5.32 Å². The number of amides is 2. The molecule has 0 radical (unpaired) electrons. The summed E-state index contributed by atoms with van der Waals surface area (Å²) in [6.07, 6.45) is 0.700. The summed E-state index contributed by atoms with van der Waals surface area (Å²) in [7, 11) is 0. The highest BCUT2D eigenvalue weighted by atomic mass is 79.9. The van der Waals surface area contributed by atoms with Gasteiger partial charge in [0.05, 0.1) is 5.69 Å². The fourth-order valence-corrected chi connectivity index (χ4v) is 2.68. The number of nitrogens with one attached hydrogen (secondary N) is 1. The first-order valence-electron chi connectivity index (χ1n) is 6.19. The quantitative estimate of drug-likeness (QED) is 0.885. The molecule has 1 aromatic carbocycles. The Morgan fingerprint density at radius 2 is 2.25 bits per heavy atom. The zero-order valence-electron chi connectivity index (χ0n) is 10.6. The van der Waals surface area contributed by atoms with Crippen LogP contribution >= 0.6 is 15.9 Å². The molecule has 7 heteroatoms. The van der Waals surface area contributed by atoms with Gasteiger partial charge in [-0.1, -0.05) is 6.07 Å². The van der Waals surface area contributed by atoms with E-state index < -0.39 is 17.8 Å². The monoisotopic (exact) mass is 344 g/mol. The van der Waals surface area contributed by atoms with Crippen molar-refractivity contribution in [1.82, 2.24) is 4.90 Å². The van der Waals surface area contributed by atoms with E-state index in [2.05, 4.69) is 21.2 Å². The zero-order valence-corrected chi connectivity index (χ0v) is 12.2. The second-order valence-electron chi connectivity index (χ2n) is 4.73. The van der Waals surface area contributed by atoms with Gasteiger partial charge in [0.15, 0.2) is 0 Å². The number of urea groups is 1. The maximum Gasteiger partial charge on any atom is 0.321 e. The normalized spacial score (nSPS) is 18.1. The molecule has 108 valence electrons. The molecular weight excluding hydrogens is 331 g/mol. The van der Waals surface area contributed by atoms with Crippen LogP contribution in [0.3, 0.4) is 0 Å². The maximum absolute atomic E-state index is 13.6. The molecule has 1 heterocycles. The highest BCUT2D eigenvalue weighted by Gasteiger charge is 2.28.